The largest absolute Gasteiger partial charge is 0.487 e. The summed E-state index contributed by atoms with van der Waals surface area (Å²) < 4.78 is 12.0. The van der Waals surface area contributed by atoms with Crippen LogP contribution in [0.25, 0.3) is 0 Å². The average molecular weight is 451 g/mol. The molecule has 0 amide bonds. The number of hydrogen-bond acceptors (Lipinski definition) is 4. The highest BCUT2D eigenvalue weighted by molar-refractivity contribution is 5.84. The number of nitrogens with zero attached hydrogens (tertiary/aromatic N) is 2. The summed E-state index contributed by atoms with van der Waals surface area (Å²) in [6, 6.07) is 0. The van der Waals surface area contributed by atoms with Gasteiger partial charge in [0.05, 0.1) is 0 Å². The molecular weight excluding hydrogens is 408 g/mol. The normalized spacial score (nSPS) is 14.5. The molecule has 0 spiro atoms. The molecule has 0 fully saturated rings. The molecule has 4 heteroatoms. The second kappa shape index (κ2) is 15.6. The van der Waals surface area contributed by atoms with Gasteiger partial charge in [-0.2, -0.15) is 0 Å². The molecule has 0 aliphatic rings. The summed E-state index contributed by atoms with van der Waals surface area (Å²) >= 11 is 0. The van der Waals surface area contributed by atoms with E-state index in [0.29, 0.717) is 24.6 Å². The molecule has 0 bridgehead atoms. The second-order valence-electron chi connectivity index (χ2n) is 9.09. The number of rotatable bonds is 14. The summed E-state index contributed by atoms with van der Waals surface area (Å²) in [5.41, 5.74) is 1.04. The van der Waals surface area contributed by atoms with Gasteiger partial charge in [0.1, 0.15) is 22.7 Å². The third-order valence-electron chi connectivity index (χ3n) is 3.63. The zero-order valence-corrected chi connectivity index (χ0v) is 21.4. The lowest BCUT2D eigenvalue weighted by atomic mass is 10.1. The van der Waals surface area contributed by atoms with E-state index in [9.17, 15) is 0 Å². The first-order valence-corrected chi connectivity index (χ1v) is 11.2. The van der Waals surface area contributed by atoms with Crippen molar-refractivity contribution in [1.29, 1.82) is 0 Å². The van der Waals surface area contributed by atoms with Crippen LogP contribution in [-0.4, -0.2) is 36.7 Å². The topological polar surface area (TPSA) is 43.2 Å². The highest BCUT2D eigenvalue weighted by Crippen LogP contribution is 2.19. The average Bonchev–Trinajstić information content (AvgIpc) is 2.72. The predicted octanol–water partition coefficient (Wildman–Crippen LogP) is 7.51. The molecule has 0 unspecified atom stereocenters. The van der Waals surface area contributed by atoms with Crippen LogP contribution in [0, 0.1) is 0 Å². The maximum atomic E-state index is 5.99. The summed E-state index contributed by atoms with van der Waals surface area (Å²) in [6.07, 6.45) is 18.8. The molecule has 0 aromatic heterocycles. The number of allylic oxidation sites excluding steroid dienone is 10. The van der Waals surface area contributed by atoms with E-state index in [1.165, 1.54) is 0 Å². The van der Waals surface area contributed by atoms with E-state index in [2.05, 4.69) is 36.3 Å². The first-order valence-electron chi connectivity index (χ1n) is 11.2. The van der Waals surface area contributed by atoms with Crippen LogP contribution in [0.1, 0.15) is 48.0 Å². The fourth-order valence-corrected chi connectivity index (χ4v) is 2.40. The Morgan fingerprint density at radius 2 is 1.03 bits per heavy atom. The van der Waals surface area contributed by atoms with Crippen LogP contribution < -0.4 is 0 Å². The Kier molecular flexibility index (Phi) is 14.1. The van der Waals surface area contributed by atoms with Crippen molar-refractivity contribution in [1.82, 2.24) is 0 Å². The Morgan fingerprint density at radius 1 is 0.667 bits per heavy atom. The maximum absolute atomic E-state index is 5.99. The van der Waals surface area contributed by atoms with Crippen molar-refractivity contribution >= 4 is 12.4 Å². The van der Waals surface area contributed by atoms with Crippen LogP contribution in [0.3, 0.4) is 0 Å². The quantitative estimate of drug-likeness (QED) is 0.119. The van der Waals surface area contributed by atoms with Crippen LogP contribution in [0.15, 0.2) is 108 Å². The molecule has 0 radical (unpaired) electrons. The standard InChI is InChI=1S/C29H42N2O2/c1-11-15-18-24(26(13-3)32-28(5,6)7)22-30-20-17-21-31-23-25(19-16-12-2)27(14-4)33-29(8,9)10/h11-16,18-19,22-23H,1-4,17,20-21H2,5-10H3/b18-15-,19-16-,26-24-,27-25-,30-22?,31-23?. The SMILES string of the molecule is C=C/C=C\C(C=NCCCN=CC(/C=C\C=C)=C(/C=C)OC(C)(C)C)=C(/C=C)OC(C)(C)C. The van der Waals surface area contributed by atoms with Gasteiger partial charge in [-0.15, -0.1) is 0 Å². The van der Waals surface area contributed by atoms with Crippen molar-refractivity contribution in [3.8, 4) is 0 Å². The van der Waals surface area contributed by atoms with Gasteiger partial charge in [-0.25, -0.2) is 0 Å². The van der Waals surface area contributed by atoms with Gasteiger partial charge in [-0.3, -0.25) is 9.98 Å². The minimum absolute atomic E-state index is 0.328. The molecule has 180 valence electrons. The van der Waals surface area contributed by atoms with Crippen molar-refractivity contribution in [3.63, 3.8) is 0 Å². The highest BCUT2D eigenvalue weighted by Gasteiger charge is 2.14. The van der Waals surface area contributed by atoms with Gasteiger partial charge in [-0.1, -0.05) is 50.6 Å². The number of hydrogen-bond donors (Lipinski definition) is 0. The van der Waals surface area contributed by atoms with E-state index < -0.39 is 0 Å². The third-order valence-corrected chi connectivity index (χ3v) is 3.63. The van der Waals surface area contributed by atoms with E-state index in [1.54, 1.807) is 36.7 Å². The van der Waals surface area contributed by atoms with Crippen LogP contribution >= 0.6 is 0 Å². The molecule has 33 heavy (non-hydrogen) atoms. The van der Waals surface area contributed by atoms with Crippen LogP contribution in [0.5, 0.6) is 0 Å². The lowest BCUT2D eigenvalue weighted by Crippen LogP contribution is -2.19. The Hall–Kier alpha value is -3.14. The molecule has 0 saturated heterocycles. The molecular formula is C29H42N2O2. The van der Waals surface area contributed by atoms with Crippen molar-refractivity contribution in [2.24, 2.45) is 9.98 Å². The monoisotopic (exact) mass is 450 g/mol. The minimum Gasteiger partial charge on any atom is -0.487 e. The zero-order valence-electron chi connectivity index (χ0n) is 21.4. The van der Waals surface area contributed by atoms with Crippen LogP contribution in [0.4, 0.5) is 0 Å². The summed E-state index contributed by atoms with van der Waals surface area (Å²) in [7, 11) is 0. The van der Waals surface area contributed by atoms with E-state index in [-0.39, 0.29) is 11.2 Å². The molecule has 0 heterocycles. The van der Waals surface area contributed by atoms with Gasteiger partial charge in [0.2, 0.25) is 0 Å². The zero-order chi connectivity index (χ0) is 25.3. The molecule has 0 aromatic rings. The first kappa shape index (κ1) is 29.9. The second-order valence-corrected chi connectivity index (χ2v) is 9.09. The van der Waals surface area contributed by atoms with Gasteiger partial charge < -0.3 is 9.47 Å². The third kappa shape index (κ3) is 15.3. The van der Waals surface area contributed by atoms with Crippen molar-refractivity contribution in [2.75, 3.05) is 13.1 Å². The maximum Gasteiger partial charge on any atom is 0.128 e. The summed E-state index contributed by atoms with van der Waals surface area (Å²) in [5, 5.41) is 0. The van der Waals surface area contributed by atoms with Gasteiger partial charge in [0.25, 0.3) is 0 Å². The van der Waals surface area contributed by atoms with Gasteiger partial charge in [0, 0.05) is 36.7 Å². The highest BCUT2D eigenvalue weighted by atomic mass is 16.5. The van der Waals surface area contributed by atoms with Crippen LogP contribution in [-0.2, 0) is 9.47 Å². The molecule has 0 rings (SSSR count). The predicted molar refractivity (Wildman–Crippen MR) is 146 cm³/mol. The van der Waals surface area contributed by atoms with E-state index >= 15 is 0 Å². The van der Waals surface area contributed by atoms with Crippen molar-refractivity contribution in [2.45, 2.75) is 59.2 Å². The van der Waals surface area contributed by atoms with E-state index in [0.717, 1.165) is 17.6 Å². The lowest BCUT2D eigenvalue weighted by Gasteiger charge is -2.22. The molecule has 0 N–H and O–H groups in total. The Labute approximate surface area is 201 Å². The molecule has 0 atom stereocenters. The molecule has 0 aliphatic carbocycles. The van der Waals surface area contributed by atoms with Gasteiger partial charge >= 0.3 is 0 Å². The Bertz CT molecular complexity index is 766. The van der Waals surface area contributed by atoms with Crippen LogP contribution in [0.2, 0.25) is 0 Å². The van der Waals surface area contributed by atoms with Crippen molar-refractivity contribution < 1.29 is 9.47 Å². The smallest absolute Gasteiger partial charge is 0.128 e. The summed E-state index contributed by atoms with van der Waals surface area (Å²) in [6.45, 7) is 28.4. The van der Waals surface area contributed by atoms with Crippen molar-refractivity contribution in [3.05, 3.63) is 97.6 Å². The lowest BCUT2D eigenvalue weighted by molar-refractivity contribution is 0.0589. The molecule has 0 aliphatic heterocycles. The Morgan fingerprint density at radius 3 is 1.30 bits per heavy atom. The number of aliphatic imine (C=N–C) groups is 2. The fraction of sp³-hybridized carbons (Fsp3) is 0.379. The van der Waals surface area contributed by atoms with Gasteiger partial charge in [0.15, 0.2) is 0 Å². The first-order chi connectivity index (χ1) is 15.5. The summed E-state index contributed by atoms with van der Waals surface area (Å²) in [4.78, 5) is 9.08. The molecule has 4 nitrogen and oxygen atoms in total. The molecule has 0 saturated carbocycles. The Balaban J connectivity index is 5.28. The van der Waals surface area contributed by atoms with E-state index in [1.807, 2.05) is 65.8 Å². The molecule has 0 aromatic carbocycles. The van der Waals surface area contributed by atoms with E-state index in [4.69, 9.17) is 9.47 Å². The fourth-order valence-electron chi connectivity index (χ4n) is 2.40. The summed E-state index contributed by atoms with van der Waals surface area (Å²) in [5.74, 6) is 1.36. The number of ether oxygens (including phenoxy) is 2. The van der Waals surface area contributed by atoms with Gasteiger partial charge in [-0.05, 0) is 72.3 Å². The minimum atomic E-state index is -0.328.